The Labute approximate surface area is 193 Å². The maximum absolute atomic E-state index is 12.5. The number of carbonyl (C=O) groups is 1. The molecule has 0 fully saturated rings. The number of nitro groups is 1. The fourth-order valence-electron chi connectivity index (χ4n) is 3.95. The van der Waals surface area contributed by atoms with Crippen LogP contribution in [0.3, 0.4) is 0 Å². The monoisotopic (exact) mass is 507 g/mol. The summed E-state index contributed by atoms with van der Waals surface area (Å²) >= 11 is 4.72. The van der Waals surface area contributed by atoms with Crippen molar-refractivity contribution in [2.45, 2.75) is 66.3 Å². The lowest BCUT2D eigenvalue weighted by Gasteiger charge is -2.33. The van der Waals surface area contributed by atoms with Gasteiger partial charge in [-0.05, 0) is 70.4 Å². The van der Waals surface area contributed by atoms with Crippen LogP contribution in [0.2, 0.25) is 0 Å². The molecule has 31 heavy (non-hydrogen) atoms. The summed E-state index contributed by atoms with van der Waals surface area (Å²) in [5.41, 5.74) is 2.56. The third-order valence-electron chi connectivity index (χ3n) is 5.92. The van der Waals surface area contributed by atoms with Gasteiger partial charge in [0.1, 0.15) is 15.5 Å². The molecule has 0 saturated carbocycles. The molecule has 0 aliphatic heterocycles. The van der Waals surface area contributed by atoms with Crippen molar-refractivity contribution in [3.05, 3.63) is 36.3 Å². The quantitative estimate of drug-likeness (QED) is 0.417. The molecule has 0 unspecified atom stereocenters. The van der Waals surface area contributed by atoms with Crippen LogP contribution in [0.15, 0.2) is 4.47 Å². The second-order valence-electron chi connectivity index (χ2n) is 8.98. The van der Waals surface area contributed by atoms with Gasteiger partial charge < -0.3 is 15.4 Å². The molecule has 1 amide bonds. The maximum atomic E-state index is 12.5. The van der Waals surface area contributed by atoms with E-state index in [9.17, 15) is 20.2 Å². The summed E-state index contributed by atoms with van der Waals surface area (Å²) in [6.45, 7) is 8.88. The molecule has 0 saturated heterocycles. The van der Waals surface area contributed by atoms with Crippen LogP contribution in [-0.2, 0) is 24.2 Å². The van der Waals surface area contributed by atoms with Crippen LogP contribution in [0.25, 0.3) is 0 Å². The lowest BCUT2D eigenvalue weighted by molar-refractivity contribution is -0.390. The normalized spacial score (nSPS) is 15.9. The zero-order valence-electron chi connectivity index (χ0n) is 18.1. The molecular formula is C21H26BrN5O3S. The van der Waals surface area contributed by atoms with Crippen LogP contribution in [0.1, 0.15) is 61.7 Å². The Bertz CT molecular complexity index is 1060. The summed E-state index contributed by atoms with van der Waals surface area (Å²) in [5.74, 6) is 0.175. The van der Waals surface area contributed by atoms with E-state index in [1.54, 1.807) is 6.92 Å². The number of thiophene rings is 1. The Balaban J connectivity index is 1.63. The molecule has 2 aromatic rings. The number of anilines is 1. The molecule has 0 radical (unpaired) electrons. The number of aromatic nitrogens is 2. The van der Waals surface area contributed by atoms with Gasteiger partial charge in [-0.2, -0.15) is 9.94 Å². The average molecular weight is 508 g/mol. The van der Waals surface area contributed by atoms with Gasteiger partial charge in [-0.25, -0.2) is 0 Å². The van der Waals surface area contributed by atoms with Gasteiger partial charge in [-0.1, -0.05) is 20.8 Å². The number of hydrogen-bond acceptors (Lipinski definition) is 6. The summed E-state index contributed by atoms with van der Waals surface area (Å²) in [6, 6.07) is 2.28. The van der Waals surface area contributed by atoms with Gasteiger partial charge >= 0.3 is 5.82 Å². The van der Waals surface area contributed by atoms with E-state index in [-0.39, 0.29) is 23.6 Å². The zero-order chi connectivity index (χ0) is 22.9. The Morgan fingerprint density at radius 1 is 1.48 bits per heavy atom. The molecule has 2 aromatic heterocycles. The number of nitriles is 1. The average Bonchev–Trinajstić information content (AvgIpc) is 3.18. The van der Waals surface area contributed by atoms with Crippen LogP contribution in [0.4, 0.5) is 10.8 Å². The maximum Gasteiger partial charge on any atom is 0.404 e. The van der Waals surface area contributed by atoms with E-state index >= 15 is 0 Å². The predicted octanol–water partition coefficient (Wildman–Crippen LogP) is 5.37. The van der Waals surface area contributed by atoms with Gasteiger partial charge in [0.15, 0.2) is 0 Å². The first-order valence-electron chi connectivity index (χ1n) is 10.2. The fourth-order valence-corrected chi connectivity index (χ4v) is 5.68. The summed E-state index contributed by atoms with van der Waals surface area (Å²) in [7, 11) is 0. The van der Waals surface area contributed by atoms with E-state index in [1.807, 2.05) is 0 Å². The van der Waals surface area contributed by atoms with Crippen LogP contribution in [0.5, 0.6) is 0 Å². The first-order chi connectivity index (χ1) is 14.5. The van der Waals surface area contributed by atoms with Crippen molar-refractivity contribution in [1.82, 2.24) is 9.78 Å². The smallest absolute Gasteiger partial charge is 0.358 e. The highest BCUT2D eigenvalue weighted by molar-refractivity contribution is 9.10. The second-order valence-corrected chi connectivity index (χ2v) is 10.9. The van der Waals surface area contributed by atoms with Crippen LogP contribution in [0, 0.1) is 39.7 Å². The summed E-state index contributed by atoms with van der Waals surface area (Å²) < 4.78 is 1.89. The topological polar surface area (TPSA) is 114 Å². The van der Waals surface area contributed by atoms with Crippen molar-refractivity contribution in [2.24, 2.45) is 11.3 Å². The molecule has 0 bridgehead atoms. The third-order valence-corrected chi connectivity index (χ3v) is 8.02. The lowest BCUT2D eigenvalue weighted by Crippen LogP contribution is -2.26. The van der Waals surface area contributed by atoms with E-state index in [0.717, 1.165) is 24.8 Å². The van der Waals surface area contributed by atoms with Gasteiger partial charge in [0, 0.05) is 11.3 Å². The molecule has 8 nitrogen and oxygen atoms in total. The van der Waals surface area contributed by atoms with Crippen molar-refractivity contribution in [2.75, 3.05) is 5.32 Å². The van der Waals surface area contributed by atoms with E-state index < -0.39 is 4.92 Å². The Kier molecular flexibility index (Phi) is 6.86. The Morgan fingerprint density at radius 2 is 2.19 bits per heavy atom. The SMILES string of the molecule is Cc1c(Br)c([N+](=O)[O-])nn1CCCC(=O)Nc1sc2c(c1C#N)CC[C@@H](C(C)(C)C)C2. The molecular weight excluding hydrogens is 482 g/mol. The van der Waals surface area contributed by atoms with Crippen molar-refractivity contribution < 1.29 is 9.72 Å². The molecule has 1 atom stereocenters. The minimum Gasteiger partial charge on any atom is -0.358 e. The van der Waals surface area contributed by atoms with Gasteiger partial charge in [0.05, 0.1) is 22.9 Å². The number of amides is 1. The van der Waals surface area contributed by atoms with Crippen molar-refractivity contribution in [3.63, 3.8) is 0 Å². The Morgan fingerprint density at radius 3 is 2.77 bits per heavy atom. The molecule has 0 aromatic carbocycles. The molecule has 1 N–H and O–H groups in total. The standard InChI is InChI=1S/C21H26BrN5O3S/c1-12-18(22)19(27(29)30)25-26(12)9-5-6-17(28)24-20-15(11-23)14-8-7-13(21(2,3)4)10-16(14)31-20/h13H,5-10H2,1-4H3,(H,24,28)/t13-/m1/s1. The van der Waals surface area contributed by atoms with Crippen LogP contribution in [-0.4, -0.2) is 20.6 Å². The highest BCUT2D eigenvalue weighted by atomic mass is 79.9. The van der Waals surface area contributed by atoms with Gasteiger partial charge in [-0.15, -0.1) is 11.3 Å². The highest BCUT2D eigenvalue weighted by Gasteiger charge is 2.32. The number of nitrogens with one attached hydrogen (secondary N) is 1. The van der Waals surface area contributed by atoms with Crippen molar-refractivity contribution >= 4 is 44.0 Å². The molecule has 10 heteroatoms. The van der Waals surface area contributed by atoms with Crippen LogP contribution >= 0.6 is 27.3 Å². The van der Waals surface area contributed by atoms with E-state index in [2.05, 4.69) is 53.2 Å². The summed E-state index contributed by atoms with van der Waals surface area (Å²) in [4.78, 5) is 24.2. The van der Waals surface area contributed by atoms with Crippen molar-refractivity contribution in [1.29, 1.82) is 5.26 Å². The number of carbonyl (C=O) groups excluding carboxylic acids is 1. The minimum absolute atomic E-state index is 0.166. The molecule has 0 spiro atoms. The lowest BCUT2D eigenvalue weighted by atomic mass is 9.72. The highest BCUT2D eigenvalue weighted by Crippen LogP contribution is 2.44. The van der Waals surface area contributed by atoms with E-state index in [0.29, 0.717) is 39.6 Å². The summed E-state index contributed by atoms with van der Waals surface area (Å²) in [5, 5.41) is 28.2. The van der Waals surface area contributed by atoms with Crippen molar-refractivity contribution in [3.8, 4) is 6.07 Å². The molecule has 1 aliphatic rings. The summed E-state index contributed by atoms with van der Waals surface area (Å²) in [6.07, 6.45) is 3.60. The minimum atomic E-state index is -0.535. The number of nitrogens with zero attached hydrogens (tertiary/aromatic N) is 4. The number of halogens is 1. The number of aryl methyl sites for hydroxylation is 1. The second kappa shape index (κ2) is 9.09. The molecule has 2 heterocycles. The van der Waals surface area contributed by atoms with Gasteiger partial charge in [0.2, 0.25) is 5.91 Å². The molecule has 3 rings (SSSR count). The first-order valence-corrected chi connectivity index (χ1v) is 11.9. The third kappa shape index (κ3) is 4.99. The van der Waals surface area contributed by atoms with Gasteiger partial charge in [0.25, 0.3) is 0 Å². The molecule has 1 aliphatic carbocycles. The number of rotatable bonds is 6. The number of hydrogen-bond donors (Lipinski definition) is 1. The Hall–Kier alpha value is -2.25. The van der Waals surface area contributed by atoms with Crippen LogP contribution < -0.4 is 5.32 Å². The largest absolute Gasteiger partial charge is 0.404 e. The zero-order valence-corrected chi connectivity index (χ0v) is 20.5. The van der Waals surface area contributed by atoms with E-state index in [4.69, 9.17) is 0 Å². The number of fused-ring (bicyclic) bond motifs is 1. The fraction of sp³-hybridized carbons (Fsp3) is 0.571. The first kappa shape index (κ1) is 23.4. The van der Waals surface area contributed by atoms with Gasteiger partial charge in [-0.3, -0.25) is 4.79 Å². The molecule has 166 valence electrons. The van der Waals surface area contributed by atoms with E-state index in [1.165, 1.54) is 20.9 Å². The predicted molar refractivity (Wildman–Crippen MR) is 123 cm³/mol.